The summed E-state index contributed by atoms with van der Waals surface area (Å²) >= 11 is 0. The van der Waals surface area contributed by atoms with E-state index >= 15 is 0 Å². The maximum atomic E-state index is 13.1. The van der Waals surface area contributed by atoms with Crippen LogP contribution in [-0.4, -0.2) is 32.0 Å². The molecule has 142 valence electrons. The van der Waals surface area contributed by atoms with Gasteiger partial charge in [0, 0.05) is 30.8 Å². The predicted octanol–water partition coefficient (Wildman–Crippen LogP) is 3.88. The number of carbonyl (C=O) groups is 1. The molecule has 0 radical (unpaired) electrons. The molecule has 5 heteroatoms. The van der Waals surface area contributed by atoms with E-state index in [0.717, 1.165) is 11.8 Å². The second kappa shape index (κ2) is 7.24. The molecular formula is C23H21NO3S. The monoisotopic (exact) mass is 391 g/mol. The number of hydrogen-bond acceptors (Lipinski definition) is 3. The summed E-state index contributed by atoms with van der Waals surface area (Å²) < 4.78 is 23.3. The topological polar surface area (TPSA) is 54.5 Å². The zero-order valence-corrected chi connectivity index (χ0v) is 16.4. The van der Waals surface area contributed by atoms with Crippen LogP contribution in [0, 0.1) is 0 Å². The van der Waals surface area contributed by atoms with Crippen LogP contribution in [0.1, 0.15) is 33.0 Å². The summed E-state index contributed by atoms with van der Waals surface area (Å²) in [5.74, 6) is 0.0286. The summed E-state index contributed by atoms with van der Waals surface area (Å²) in [7, 11) is -3.28. The minimum absolute atomic E-state index is 0.0875. The molecule has 4 nitrogen and oxygen atoms in total. The van der Waals surface area contributed by atoms with Crippen molar-refractivity contribution in [2.45, 2.75) is 17.4 Å². The number of benzene rings is 3. The quantitative estimate of drug-likeness (QED) is 0.681. The van der Waals surface area contributed by atoms with E-state index in [1.165, 1.54) is 23.3 Å². The van der Waals surface area contributed by atoms with Crippen molar-refractivity contribution in [3.05, 3.63) is 101 Å². The van der Waals surface area contributed by atoms with Crippen molar-refractivity contribution in [2.24, 2.45) is 0 Å². The first-order valence-corrected chi connectivity index (χ1v) is 11.0. The summed E-state index contributed by atoms with van der Waals surface area (Å²) in [5.41, 5.74) is 4.08. The van der Waals surface area contributed by atoms with E-state index in [2.05, 4.69) is 24.3 Å². The van der Waals surface area contributed by atoms with E-state index < -0.39 is 9.84 Å². The minimum Gasteiger partial charge on any atom is -0.333 e. The van der Waals surface area contributed by atoms with E-state index in [0.29, 0.717) is 18.7 Å². The molecular weight excluding hydrogens is 370 g/mol. The van der Waals surface area contributed by atoms with Crippen molar-refractivity contribution in [3.8, 4) is 0 Å². The van der Waals surface area contributed by atoms with Crippen LogP contribution in [-0.2, 0) is 16.4 Å². The average Bonchev–Trinajstić information content (AvgIpc) is 2.72. The Morgan fingerprint density at radius 3 is 2.21 bits per heavy atom. The van der Waals surface area contributed by atoms with Crippen LogP contribution in [0.15, 0.2) is 83.8 Å². The standard InChI is InChI=1S/C23H21NO3S/c1-28(26,27)20-13-11-18(12-14-20)23(25)24-15-19-9-5-6-10-21(19)22(16-24)17-7-3-2-4-8-17/h2-14,22H,15-16H2,1H3. The van der Waals surface area contributed by atoms with Gasteiger partial charge in [-0.05, 0) is 41.0 Å². The number of carbonyl (C=O) groups excluding carboxylic acids is 1. The third-order valence-electron chi connectivity index (χ3n) is 5.21. The van der Waals surface area contributed by atoms with Crippen LogP contribution < -0.4 is 0 Å². The van der Waals surface area contributed by atoms with E-state index in [1.54, 1.807) is 12.1 Å². The fourth-order valence-electron chi connectivity index (χ4n) is 3.76. The van der Waals surface area contributed by atoms with Crippen LogP contribution in [0.25, 0.3) is 0 Å². The average molecular weight is 391 g/mol. The number of amides is 1. The first kappa shape index (κ1) is 18.4. The van der Waals surface area contributed by atoms with Crippen LogP contribution in [0.5, 0.6) is 0 Å². The second-order valence-electron chi connectivity index (χ2n) is 7.14. The smallest absolute Gasteiger partial charge is 0.254 e. The second-order valence-corrected chi connectivity index (χ2v) is 9.16. The molecule has 1 aliphatic rings. The maximum absolute atomic E-state index is 13.1. The Morgan fingerprint density at radius 1 is 0.893 bits per heavy atom. The van der Waals surface area contributed by atoms with Crippen LogP contribution in [0.2, 0.25) is 0 Å². The van der Waals surface area contributed by atoms with Gasteiger partial charge in [0.1, 0.15) is 0 Å². The predicted molar refractivity (Wildman–Crippen MR) is 109 cm³/mol. The third kappa shape index (κ3) is 3.58. The molecule has 1 heterocycles. The molecule has 0 N–H and O–H groups in total. The Morgan fingerprint density at radius 2 is 1.54 bits per heavy atom. The zero-order valence-electron chi connectivity index (χ0n) is 15.6. The lowest BCUT2D eigenvalue weighted by Gasteiger charge is -2.35. The lowest BCUT2D eigenvalue weighted by Crippen LogP contribution is -2.38. The summed E-state index contributed by atoms with van der Waals surface area (Å²) in [5, 5.41) is 0. The van der Waals surface area contributed by atoms with Crippen LogP contribution >= 0.6 is 0 Å². The van der Waals surface area contributed by atoms with Gasteiger partial charge >= 0.3 is 0 Å². The van der Waals surface area contributed by atoms with Gasteiger partial charge in [-0.1, -0.05) is 54.6 Å². The lowest BCUT2D eigenvalue weighted by atomic mass is 9.84. The van der Waals surface area contributed by atoms with Crippen molar-refractivity contribution in [1.82, 2.24) is 4.90 Å². The molecule has 1 amide bonds. The minimum atomic E-state index is -3.28. The Balaban J connectivity index is 1.66. The third-order valence-corrected chi connectivity index (χ3v) is 6.34. The van der Waals surface area contributed by atoms with Gasteiger partial charge in [-0.2, -0.15) is 0 Å². The molecule has 1 aliphatic heterocycles. The summed E-state index contributed by atoms with van der Waals surface area (Å²) in [6, 6.07) is 24.6. The van der Waals surface area contributed by atoms with Crippen molar-refractivity contribution in [3.63, 3.8) is 0 Å². The van der Waals surface area contributed by atoms with Gasteiger partial charge in [-0.3, -0.25) is 4.79 Å². The van der Waals surface area contributed by atoms with Gasteiger partial charge in [0.15, 0.2) is 9.84 Å². The molecule has 0 saturated carbocycles. The molecule has 0 bridgehead atoms. The normalized spacial score (nSPS) is 16.5. The van der Waals surface area contributed by atoms with Gasteiger partial charge in [0.2, 0.25) is 0 Å². The van der Waals surface area contributed by atoms with E-state index in [9.17, 15) is 13.2 Å². The maximum Gasteiger partial charge on any atom is 0.254 e. The highest BCUT2D eigenvalue weighted by atomic mass is 32.2. The Labute approximate surface area is 165 Å². The number of fused-ring (bicyclic) bond motifs is 1. The molecule has 0 aromatic heterocycles. The SMILES string of the molecule is CS(=O)(=O)c1ccc(C(=O)N2Cc3ccccc3C(c3ccccc3)C2)cc1. The lowest BCUT2D eigenvalue weighted by molar-refractivity contribution is 0.0725. The number of rotatable bonds is 3. The highest BCUT2D eigenvalue weighted by Gasteiger charge is 2.29. The summed E-state index contributed by atoms with van der Waals surface area (Å²) in [6.45, 7) is 1.14. The van der Waals surface area contributed by atoms with Crippen molar-refractivity contribution in [1.29, 1.82) is 0 Å². The summed E-state index contributed by atoms with van der Waals surface area (Å²) in [4.78, 5) is 15.2. The van der Waals surface area contributed by atoms with Crippen molar-refractivity contribution >= 4 is 15.7 Å². The number of nitrogens with zero attached hydrogens (tertiary/aromatic N) is 1. The number of hydrogen-bond donors (Lipinski definition) is 0. The van der Waals surface area contributed by atoms with Crippen molar-refractivity contribution in [2.75, 3.05) is 12.8 Å². The van der Waals surface area contributed by atoms with Gasteiger partial charge in [0.25, 0.3) is 5.91 Å². The van der Waals surface area contributed by atoms with E-state index in [-0.39, 0.29) is 16.7 Å². The molecule has 1 unspecified atom stereocenters. The Hall–Kier alpha value is -2.92. The molecule has 28 heavy (non-hydrogen) atoms. The molecule has 4 rings (SSSR count). The molecule has 0 spiro atoms. The zero-order chi connectivity index (χ0) is 19.7. The Kier molecular flexibility index (Phi) is 4.77. The molecule has 0 saturated heterocycles. The molecule has 1 atom stereocenters. The summed E-state index contributed by atoms with van der Waals surface area (Å²) in [6.07, 6.45) is 1.16. The van der Waals surface area contributed by atoms with Crippen molar-refractivity contribution < 1.29 is 13.2 Å². The molecule has 3 aromatic rings. The van der Waals surface area contributed by atoms with Gasteiger partial charge in [-0.25, -0.2) is 8.42 Å². The van der Waals surface area contributed by atoms with Gasteiger partial charge in [0.05, 0.1) is 4.90 Å². The molecule has 0 aliphatic carbocycles. The van der Waals surface area contributed by atoms with Gasteiger partial charge in [-0.15, -0.1) is 0 Å². The highest BCUT2D eigenvalue weighted by Crippen LogP contribution is 2.34. The van der Waals surface area contributed by atoms with E-state index in [1.807, 2.05) is 35.2 Å². The molecule has 3 aromatic carbocycles. The first-order chi connectivity index (χ1) is 13.4. The fourth-order valence-corrected chi connectivity index (χ4v) is 4.39. The largest absolute Gasteiger partial charge is 0.333 e. The Bertz CT molecular complexity index is 1110. The molecule has 0 fully saturated rings. The fraction of sp³-hybridized carbons (Fsp3) is 0.174. The highest BCUT2D eigenvalue weighted by molar-refractivity contribution is 7.90. The first-order valence-electron chi connectivity index (χ1n) is 9.15. The van der Waals surface area contributed by atoms with Gasteiger partial charge < -0.3 is 4.90 Å². The van der Waals surface area contributed by atoms with Crippen LogP contribution in [0.3, 0.4) is 0 Å². The van der Waals surface area contributed by atoms with E-state index in [4.69, 9.17) is 0 Å². The number of sulfone groups is 1. The van der Waals surface area contributed by atoms with Crippen LogP contribution in [0.4, 0.5) is 0 Å².